The second-order valence-electron chi connectivity index (χ2n) is 6.59. The molecule has 0 aromatic heterocycles. The van der Waals surface area contributed by atoms with Crippen LogP contribution in [0.2, 0.25) is 5.02 Å². The fourth-order valence-electron chi connectivity index (χ4n) is 3.23. The van der Waals surface area contributed by atoms with Gasteiger partial charge in [-0.2, -0.15) is 5.10 Å². The zero-order valence-electron chi connectivity index (χ0n) is 14.9. The predicted octanol–water partition coefficient (Wildman–Crippen LogP) is 2.21. The third-order valence-corrected chi connectivity index (χ3v) is 5.17. The van der Waals surface area contributed by atoms with Crippen LogP contribution in [0.15, 0.2) is 53.6 Å². The lowest BCUT2D eigenvalue weighted by Crippen LogP contribution is -2.36. The molecule has 2 aliphatic rings. The van der Waals surface area contributed by atoms with Gasteiger partial charge in [0.1, 0.15) is 18.6 Å². The van der Waals surface area contributed by atoms with Crippen molar-refractivity contribution in [3.8, 4) is 0 Å². The molecule has 8 heteroatoms. The first-order valence-corrected chi connectivity index (χ1v) is 9.03. The molecule has 0 spiro atoms. The van der Waals surface area contributed by atoms with E-state index >= 15 is 0 Å². The Labute approximate surface area is 165 Å². The second-order valence-corrected chi connectivity index (χ2v) is 7.00. The molecule has 1 N–H and O–H groups in total. The number of imide groups is 1. The number of amides is 2. The number of carbonyl (C=O) groups is 3. The lowest BCUT2D eigenvalue weighted by atomic mass is 9.99. The highest BCUT2D eigenvalue weighted by molar-refractivity contribution is 6.46. The SMILES string of the molecule is Cc1ccc(N2C(=O)C3NN=C(C(=O)OCc4ccccc4)C3C2=O)cc1Cl. The minimum atomic E-state index is -1.02. The van der Waals surface area contributed by atoms with Crippen LogP contribution in [0.25, 0.3) is 0 Å². The molecular weight excluding hydrogens is 382 g/mol. The average molecular weight is 398 g/mol. The Balaban J connectivity index is 1.53. The number of ether oxygens (including phenoxy) is 1. The van der Waals surface area contributed by atoms with Crippen molar-refractivity contribution >= 4 is 40.8 Å². The molecule has 2 heterocycles. The third-order valence-electron chi connectivity index (χ3n) is 4.76. The molecule has 0 radical (unpaired) electrons. The first-order valence-electron chi connectivity index (χ1n) is 8.65. The normalized spacial score (nSPS) is 20.6. The van der Waals surface area contributed by atoms with Gasteiger partial charge in [0.15, 0.2) is 5.71 Å². The number of halogens is 1. The molecule has 1 fully saturated rings. The fourth-order valence-corrected chi connectivity index (χ4v) is 3.40. The summed E-state index contributed by atoms with van der Waals surface area (Å²) in [6.07, 6.45) is 0. The van der Waals surface area contributed by atoms with E-state index in [9.17, 15) is 14.4 Å². The standard InChI is InChI=1S/C20H16ClN3O4/c1-11-7-8-13(9-14(11)21)24-18(25)15-16(19(24)26)22-23-17(15)20(27)28-10-12-5-3-2-4-6-12/h2-9,15-16,22H,10H2,1H3. The molecule has 0 bridgehead atoms. The lowest BCUT2D eigenvalue weighted by molar-refractivity contribution is -0.137. The van der Waals surface area contributed by atoms with Crippen molar-refractivity contribution in [1.29, 1.82) is 0 Å². The summed E-state index contributed by atoms with van der Waals surface area (Å²) in [6, 6.07) is 13.1. The second kappa shape index (κ2) is 7.09. The van der Waals surface area contributed by atoms with Crippen LogP contribution in [0.5, 0.6) is 0 Å². The summed E-state index contributed by atoms with van der Waals surface area (Å²) >= 11 is 6.12. The van der Waals surface area contributed by atoms with Crippen LogP contribution >= 0.6 is 11.6 Å². The molecule has 2 aromatic rings. The molecule has 2 unspecified atom stereocenters. The number of anilines is 1. The number of hydrogen-bond acceptors (Lipinski definition) is 6. The van der Waals surface area contributed by atoms with Gasteiger partial charge >= 0.3 is 5.97 Å². The summed E-state index contributed by atoms with van der Waals surface area (Å²) in [6.45, 7) is 1.87. The molecule has 1 saturated heterocycles. The molecule has 28 heavy (non-hydrogen) atoms. The number of nitrogens with zero attached hydrogens (tertiary/aromatic N) is 2. The van der Waals surface area contributed by atoms with E-state index in [1.54, 1.807) is 18.2 Å². The summed E-state index contributed by atoms with van der Waals surface area (Å²) in [5.41, 5.74) is 4.50. The van der Waals surface area contributed by atoms with Crippen LogP contribution in [0.3, 0.4) is 0 Å². The average Bonchev–Trinajstić information content (AvgIpc) is 3.24. The Kier molecular flexibility index (Phi) is 4.60. The monoisotopic (exact) mass is 397 g/mol. The van der Waals surface area contributed by atoms with E-state index in [4.69, 9.17) is 16.3 Å². The van der Waals surface area contributed by atoms with Gasteiger partial charge in [-0.1, -0.05) is 48.0 Å². The Morgan fingerprint density at radius 1 is 1.18 bits per heavy atom. The van der Waals surface area contributed by atoms with Gasteiger partial charge in [-0.05, 0) is 30.2 Å². The number of fused-ring (bicyclic) bond motifs is 1. The van der Waals surface area contributed by atoms with Crippen molar-refractivity contribution in [2.45, 2.75) is 19.6 Å². The highest BCUT2D eigenvalue weighted by atomic mass is 35.5. The van der Waals surface area contributed by atoms with Crippen LogP contribution in [0.4, 0.5) is 5.69 Å². The smallest absolute Gasteiger partial charge is 0.355 e. The molecular formula is C20H16ClN3O4. The quantitative estimate of drug-likeness (QED) is 0.631. The molecule has 2 amide bonds. The van der Waals surface area contributed by atoms with Gasteiger partial charge < -0.3 is 4.74 Å². The minimum absolute atomic E-state index is 0.0511. The number of benzene rings is 2. The Hall–Kier alpha value is -3.19. The molecule has 0 aliphatic carbocycles. The zero-order valence-corrected chi connectivity index (χ0v) is 15.6. The van der Waals surface area contributed by atoms with Gasteiger partial charge in [0.05, 0.1) is 5.69 Å². The van der Waals surface area contributed by atoms with Crippen molar-refractivity contribution in [3.63, 3.8) is 0 Å². The predicted molar refractivity (Wildman–Crippen MR) is 103 cm³/mol. The molecule has 7 nitrogen and oxygen atoms in total. The highest BCUT2D eigenvalue weighted by Gasteiger charge is 2.55. The number of hydrogen-bond donors (Lipinski definition) is 1. The topological polar surface area (TPSA) is 88.1 Å². The van der Waals surface area contributed by atoms with E-state index in [0.29, 0.717) is 10.7 Å². The Morgan fingerprint density at radius 3 is 2.64 bits per heavy atom. The summed E-state index contributed by atoms with van der Waals surface area (Å²) in [4.78, 5) is 39.1. The molecule has 2 aromatic carbocycles. The molecule has 2 atom stereocenters. The summed E-state index contributed by atoms with van der Waals surface area (Å²) < 4.78 is 5.27. The van der Waals surface area contributed by atoms with Crippen molar-refractivity contribution in [3.05, 3.63) is 64.7 Å². The maximum atomic E-state index is 12.9. The summed E-state index contributed by atoms with van der Waals surface area (Å²) in [5, 5.41) is 4.33. The van der Waals surface area contributed by atoms with Gasteiger partial charge in [-0.3, -0.25) is 15.0 Å². The van der Waals surface area contributed by atoms with E-state index < -0.39 is 29.7 Å². The van der Waals surface area contributed by atoms with Crippen LogP contribution in [0.1, 0.15) is 11.1 Å². The number of hydrazone groups is 1. The van der Waals surface area contributed by atoms with Crippen LogP contribution in [-0.2, 0) is 25.7 Å². The Bertz CT molecular complexity index is 1010. The maximum Gasteiger partial charge on any atom is 0.355 e. The van der Waals surface area contributed by atoms with Crippen LogP contribution < -0.4 is 10.3 Å². The van der Waals surface area contributed by atoms with E-state index in [0.717, 1.165) is 16.0 Å². The number of carbonyl (C=O) groups excluding carboxylic acids is 3. The van der Waals surface area contributed by atoms with Gasteiger partial charge in [0.25, 0.3) is 5.91 Å². The number of esters is 1. The van der Waals surface area contributed by atoms with Crippen LogP contribution in [0, 0.1) is 12.8 Å². The fraction of sp³-hybridized carbons (Fsp3) is 0.200. The number of nitrogens with one attached hydrogen (secondary N) is 1. The van der Waals surface area contributed by atoms with Crippen molar-refractivity contribution in [2.75, 3.05) is 4.90 Å². The van der Waals surface area contributed by atoms with E-state index in [1.165, 1.54) is 0 Å². The summed E-state index contributed by atoms with van der Waals surface area (Å²) in [7, 11) is 0. The lowest BCUT2D eigenvalue weighted by Gasteiger charge is -2.16. The van der Waals surface area contributed by atoms with E-state index in [-0.39, 0.29) is 12.3 Å². The molecule has 0 saturated carbocycles. The molecule has 142 valence electrons. The molecule has 4 rings (SSSR count). The number of aryl methyl sites for hydroxylation is 1. The zero-order chi connectivity index (χ0) is 19.8. The Morgan fingerprint density at radius 2 is 1.93 bits per heavy atom. The van der Waals surface area contributed by atoms with Gasteiger partial charge in [0, 0.05) is 5.02 Å². The first kappa shape index (κ1) is 18.2. The van der Waals surface area contributed by atoms with Crippen LogP contribution in [-0.4, -0.2) is 29.5 Å². The third kappa shape index (κ3) is 3.03. The van der Waals surface area contributed by atoms with Crippen molar-refractivity contribution in [1.82, 2.24) is 5.43 Å². The van der Waals surface area contributed by atoms with Gasteiger partial charge in [-0.25, -0.2) is 9.69 Å². The maximum absolute atomic E-state index is 12.9. The minimum Gasteiger partial charge on any atom is -0.456 e. The number of rotatable bonds is 4. The van der Waals surface area contributed by atoms with Gasteiger partial charge in [-0.15, -0.1) is 0 Å². The van der Waals surface area contributed by atoms with E-state index in [1.807, 2.05) is 37.3 Å². The van der Waals surface area contributed by atoms with Crippen molar-refractivity contribution in [2.24, 2.45) is 11.0 Å². The largest absolute Gasteiger partial charge is 0.456 e. The van der Waals surface area contributed by atoms with Crippen molar-refractivity contribution < 1.29 is 19.1 Å². The van der Waals surface area contributed by atoms with Gasteiger partial charge in [0.2, 0.25) is 5.91 Å². The summed E-state index contributed by atoms with van der Waals surface area (Å²) in [5.74, 6) is -2.76. The van der Waals surface area contributed by atoms with E-state index in [2.05, 4.69) is 10.5 Å². The molecule has 2 aliphatic heterocycles. The highest BCUT2D eigenvalue weighted by Crippen LogP contribution is 2.32. The first-order chi connectivity index (χ1) is 13.5.